The van der Waals surface area contributed by atoms with Crippen LogP contribution in [0.1, 0.15) is 16.8 Å². The van der Waals surface area contributed by atoms with Gasteiger partial charge in [-0.3, -0.25) is 4.79 Å². The van der Waals surface area contributed by atoms with E-state index in [4.69, 9.17) is 9.47 Å². The van der Waals surface area contributed by atoms with Crippen LogP contribution in [0.15, 0.2) is 51.4 Å². The number of hydrogen-bond acceptors (Lipinski definition) is 7. The molecule has 0 radical (unpaired) electrons. The first kappa shape index (κ1) is 24.5. The second-order valence-electron chi connectivity index (χ2n) is 6.55. The minimum Gasteiger partial charge on any atom is -0.496 e. The van der Waals surface area contributed by atoms with Gasteiger partial charge in [-0.15, -0.1) is 11.3 Å². The highest BCUT2D eigenvalue weighted by molar-refractivity contribution is 9.10. The normalized spacial score (nSPS) is 11.5. The summed E-state index contributed by atoms with van der Waals surface area (Å²) in [4.78, 5) is 16.4. The molecule has 174 valence electrons. The number of amides is 1. The van der Waals surface area contributed by atoms with Gasteiger partial charge in [-0.25, -0.2) is 10.4 Å². The number of aromatic nitrogens is 1. The van der Waals surface area contributed by atoms with Gasteiger partial charge in [0.1, 0.15) is 11.5 Å². The SMILES string of the molecule is COc1cc(OC)c(/C=N\NC(=O)Cc2csc(Nc3cccc(C(F)(F)F)c3)n2)cc1Br. The Hall–Kier alpha value is -3.12. The number of nitrogens with one attached hydrogen (secondary N) is 2. The Morgan fingerprint density at radius 2 is 1.97 bits per heavy atom. The van der Waals surface area contributed by atoms with Gasteiger partial charge in [0.05, 0.1) is 42.6 Å². The molecule has 33 heavy (non-hydrogen) atoms. The molecular formula is C21H18BrF3N4O3S. The van der Waals surface area contributed by atoms with Crippen molar-refractivity contribution in [1.82, 2.24) is 10.4 Å². The third-order valence-corrected chi connectivity index (χ3v) is 5.66. The maximum atomic E-state index is 12.8. The van der Waals surface area contributed by atoms with Crippen molar-refractivity contribution in [3.8, 4) is 11.5 Å². The number of hydrazone groups is 1. The first-order valence-corrected chi connectivity index (χ1v) is 11.0. The molecule has 12 heteroatoms. The quantitative estimate of drug-likeness (QED) is 0.295. The van der Waals surface area contributed by atoms with Gasteiger partial charge >= 0.3 is 6.18 Å². The molecule has 0 bridgehead atoms. The summed E-state index contributed by atoms with van der Waals surface area (Å²) >= 11 is 4.55. The van der Waals surface area contributed by atoms with Crippen molar-refractivity contribution in [1.29, 1.82) is 0 Å². The van der Waals surface area contributed by atoms with E-state index in [1.165, 1.54) is 43.9 Å². The van der Waals surface area contributed by atoms with Gasteiger partial charge in [-0.2, -0.15) is 18.3 Å². The van der Waals surface area contributed by atoms with Crippen LogP contribution in [-0.4, -0.2) is 31.3 Å². The molecule has 0 spiro atoms. The lowest BCUT2D eigenvalue weighted by atomic mass is 10.2. The summed E-state index contributed by atoms with van der Waals surface area (Å²) in [5.74, 6) is 0.692. The van der Waals surface area contributed by atoms with Crippen molar-refractivity contribution in [2.45, 2.75) is 12.6 Å². The average molecular weight is 543 g/mol. The molecule has 0 saturated carbocycles. The molecule has 1 aromatic heterocycles. The zero-order chi connectivity index (χ0) is 24.0. The average Bonchev–Trinajstić information content (AvgIpc) is 3.20. The molecule has 2 N–H and O–H groups in total. The molecule has 0 aliphatic carbocycles. The fourth-order valence-corrected chi connectivity index (χ4v) is 3.96. The second-order valence-corrected chi connectivity index (χ2v) is 8.26. The minimum atomic E-state index is -4.43. The number of rotatable bonds is 8. The third kappa shape index (κ3) is 6.68. The van der Waals surface area contributed by atoms with E-state index >= 15 is 0 Å². The summed E-state index contributed by atoms with van der Waals surface area (Å²) in [6.07, 6.45) is -3.06. The third-order valence-electron chi connectivity index (χ3n) is 4.23. The number of thiazole rings is 1. The Labute approximate surface area is 199 Å². The standard InChI is InChI=1S/C21H18BrF3N4O3S/c1-31-17-9-18(32-2)16(22)6-12(17)10-26-29-19(30)8-15-11-33-20(28-15)27-14-5-3-4-13(7-14)21(23,24)25/h3-7,9-11H,8H2,1-2H3,(H,27,28)(H,29,30)/b26-10-. The van der Waals surface area contributed by atoms with Crippen LogP contribution in [0.3, 0.4) is 0 Å². The van der Waals surface area contributed by atoms with E-state index in [1.807, 2.05) is 0 Å². The first-order chi connectivity index (χ1) is 15.7. The molecule has 0 saturated heterocycles. The van der Waals surface area contributed by atoms with Crippen LogP contribution in [-0.2, 0) is 17.4 Å². The fraction of sp³-hybridized carbons (Fsp3) is 0.190. The van der Waals surface area contributed by atoms with Crippen LogP contribution in [0, 0.1) is 0 Å². The molecule has 2 aromatic carbocycles. The highest BCUT2D eigenvalue weighted by atomic mass is 79.9. The van der Waals surface area contributed by atoms with Gasteiger partial charge in [0.15, 0.2) is 5.13 Å². The number of nitrogens with zero attached hydrogens (tertiary/aromatic N) is 2. The molecule has 1 heterocycles. The maximum absolute atomic E-state index is 12.8. The van der Waals surface area contributed by atoms with Crippen molar-refractivity contribution in [3.05, 3.63) is 63.1 Å². The molecule has 0 aliphatic rings. The Morgan fingerprint density at radius 1 is 1.21 bits per heavy atom. The molecule has 3 rings (SSSR count). The Morgan fingerprint density at radius 3 is 2.67 bits per heavy atom. The van der Waals surface area contributed by atoms with Crippen LogP contribution < -0.4 is 20.2 Å². The van der Waals surface area contributed by atoms with Crippen LogP contribution in [0.2, 0.25) is 0 Å². The molecule has 7 nitrogen and oxygen atoms in total. The van der Waals surface area contributed by atoms with Gasteiger partial charge in [0, 0.05) is 22.7 Å². The van der Waals surface area contributed by atoms with Gasteiger partial charge in [0.2, 0.25) is 5.91 Å². The summed E-state index contributed by atoms with van der Waals surface area (Å²) in [6, 6.07) is 8.21. The van der Waals surface area contributed by atoms with Gasteiger partial charge in [-0.1, -0.05) is 6.07 Å². The highest BCUT2D eigenvalue weighted by Crippen LogP contribution is 2.33. The van der Waals surface area contributed by atoms with Crippen molar-refractivity contribution in [3.63, 3.8) is 0 Å². The number of ether oxygens (including phenoxy) is 2. The van der Waals surface area contributed by atoms with Gasteiger partial charge in [-0.05, 0) is 40.2 Å². The lowest BCUT2D eigenvalue weighted by Gasteiger charge is -2.09. The van der Waals surface area contributed by atoms with Crippen LogP contribution in [0.4, 0.5) is 24.0 Å². The first-order valence-electron chi connectivity index (χ1n) is 9.31. The van der Waals surface area contributed by atoms with E-state index in [9.17, 15) is 18.0 Å². The number of methoxy groups -OCH3 is 2. The van der Waals surface area contributed by atoms with Crippen molar-refractivity contribution in [2.75, 3.05) is 19.5 Å². The number of anilines is 2. The Balaban J connectivity index is 1.59. The monoisotopic (exact) mass is 542 g/mol. The van der Waals surface area contributed by atoms with E-state index in [1.54, 1.807) is 17.5 Å². The number of hydrogen-bond donors (Lipinski definition) is 2. The molecule has 0 aliphatic heterocycles. The van der Waals surface area contributed by atoms with E-state index < -0.39 is 17.6 Å². The largest absolute Gasteiger partial charge is 0.496 e. The summed E-state index contributed by atoms with van der Waals surface area (Å²) < 4.78 is 49.7. The van der Waals surface area contributed by atoms with Crippen LogP contribution >= 0.6 is 27.3 Å². The number of halogens is 4. The zero-order valence-electron chi connectivity index (χ0n) is 17.4. The highest BCUT2D eigenvalue weighted by Gasteiger charge is 2.30. The number of carbonyl (C=O) groups excluding carboxylic acids is 1. The summed E-state index contributed by atoms with van der Waals surface area (Å²) in [5, 5.41) is 8.77. The molecule has 0 atom stereocenters. The predicted octanol–water partition coefficient (Wildman–Crippen LogP) is 5.38. The zero-order valence-corrected chi connectivity index (χ0v) is 19.8. The molecular weight excluding hydrogens is 525 g/mol. The van der Waals surface area contributed by atoms with E-state index in [0.717, 1.165) is 12.1 Å². The van der Waals surface area contributed by atoms with Crippen molar-refractivity contribution >= 4 is 50.2 Å². The van der Waals surface area contributed by atoms with E-state index in [2.05, 4.69) is 36.8 Å². The van der Waals surface area contributed by atoms with E-state index in [0.29, 0.717) is 32.4 Å². The minimum absolute atomic E-state index is 0.0540. The van der Waals surface area contributed by atoms with Crippen molar-refractivity contribution in [2.24, 2.45) is 5.10 Å². The topological polar surface area (TPSA) is 84.8 Å². The summed E-state index contributed by atoms with van der Waals surface area (Å²) in [6.45, 7) is 0. The molecule has 1 amide bonds. The number of carbonyl (C=O) groups is 1. The fourth-order valence-electron chi connectivity index (χ4n) is 2.70. The smallest absolute Gasteiger partial charge is 0.416 e. The Kier molecular flexibility index (Phi) is 7.92. The van der Waals surface area contributed by atoms with E-state index in [-0.39, 0.29) is 12.1 Å². The molecule has 0 unspecified atom stereocenters. The predicted molar refractivity (Wildman–Crippen MR) is 124 cm³/mol. The van der Waals surface area contributed by atoms with Crippen LogP contribution in [0.5, 0.6) is 11.5 Å². The lowest BCUT2D eigenvalue weighted by Crippen LogP contribution is -2.20. The number of benzene rings is 2. The lowest BCUT2D eigenvalue weighted by molar-refractivity contribution is -0.137. The van der Waals surface area contributed by atoms with Crippen molar-refractivity contribution < 1.29 is 27.4 Å². The summed E-state index contributed by atoms with van der Waals surface area (Å²) in [7, 11) is 3.04. The second kappa shape index (κ2) is 10.7. The maximum Gasteiger partial charge on any atom is 0.416 e. The number of alkyl halides is 3. The molecule has 0 fully saturated rings. The summed E-state index contributed by atoms with van der Waals surface area (Å²) in [5.41, 5.74) is 2.97. The van der Waals surface area contributed by atoms with Crippen LogP contribution in [0.25, 0.3) is 0 Å². The van der Waals surface area contributed by atoms with Gasteiger partial charge < -0.3 is 14.8 Å². The Bertz CT molecular complexity index is 1170. The molecule has 3 aromatic rings. The van der Waals surface area contributed by atoms with Gasteiger partial charge in [0.25, 0.3) is 0 Å².